The van der Waals surface area contributed by atoms with Crippen molar-refractivity contribution in [2.45, 2.75) is 6.92 Å². The van der Waals surface area contributed by atoms with Crippen LogP contribution in [0.4, 0.5) is 11.4 Å². The Bertz CT molecular complexity index is 589. The zero-order valence-corrected chi connectivity index (χ0v) is 14.5. The molecule has 0 aliphatic heterocycles. The second kappa shape index (κ2) is 7.17. The Morgan fingerprint density at radius 1 is 1.15 bits per heavy atom. The minimum atomic E-state index is -1.18. The first-order chi connectivity index (χ1) is 9.27. The predicted octanol–water partition coefficient (Wildman–Crippen LogP) is 1.48. The van der Waals surface area contributed by atoms with E-state index >= 15 is 0 Å². The largest absolute Gasteiger partial charge is 0.478 e. The lowest BCUT2D eigenvalue weighted by atomic mass is 10.1. The fraction of sp³-hybridized carbons (Fsp3) is 0.182. The Balaban J connectivity index is 3.44. The highest BCUT2D eigenvalue weighted by Crippen LogP contribution is 2.33. The number of aromatic carboxylic acids is 1. The molecule has 9 heteroatoms. The van der Waals surface area contributed by atoms with Crippen LogP contribution in [0.1, 0.15) is 17.3 Å². The number of nitrogens with one attached hydrogen (secondary N) is 2. The summed E-state index contributed by atoms with van der Waals surface area (Å²) in [4.78, 5) is 33.7. The fourth-order valence-corrected chi connectivity index (χ4v) is 3.48. The molecule has 0 unspecified atom stereocenters. The molecule has 1 aromatic rings. The van der Waals surface area contributed by atoms with Crippen molar-refractivity contribution in [2.24, 2.45) is 0 Å². The van der Waals surface area contributed by atoms with Crippen molar-refractivity contribution in [1.29, 1.82) is 0 Å². The number of carbonyl (C=O) groups excluding carboxylic acids is 2. The van der Waals surface area contributed by atoms with E-state index in [9.17, 15) is 19.5 Å². The number of benzene rings is 1. The lowest BCUT2D eigenvalue weighted by molar-refractivity contribution is -0.118. The van der Waals surface area contributed by atoms with Crippen LogP contribution in [-0.2, 0) is 9.59 Å². The molecule has 4 N–H and O–H groups in total. The quantitative estimate of drug-likeness (QED) is 0.465. The van der Waals surface area contributed by atoms with Gasteiger partial charge in [0.1, 0.15) is 6.61 Å². The highest BCUT2D eigenvalue weighted by atomic mass is 127. The molecule has 7 nitrogen and oxygen atoms in total. The number of carboxylic acid groups (broad SMARTS) is 1. The number of anilines is 2. The number of carboxylic acids is 1. The first-order valence-electron chi connectivity index (χ1n) is 5.21. The van der Waals surface area contributed by atoms with Gasteiger partial charge in [-0.25, -0.2) is 4.79 Å². The number of carbonyl (C=O) groups is 3. The third-order valence-electron chi connectivity index (χ3n) is 2.14. The molecule has 1 aromatic carbocycles. The Hall–Kier alpha value is -0.950. The highest BCUT2D eigenvalue weighted by Gasteiger charge is 2.21. The Labute approximate surface area is 141 Å². The van der Waals surface area contributed by atoms with Crippen LogP contribution in [0.25, 0.3) is 0 Å². The maximum Gasteiger partial charge on any atom is 0.338 e. The van der Waals surface area contributed by atoms with Crippen molar-refractivity contribution in [2.75, 3.05) is 17.2 Å². The number of amides is 2. The lowest BCUT2D eigenvalue weighted by Gasteiger charge is -2.15. The van der Waals surface area contributed by atoms with Crippen molar-refractivity contribution < 1.29 is 24.6 Å². The van der Waals surface area contributed by atoms with E-state index in [0.29, 0.717) is 7.14 Å². The molecular formula is C11H10I2N2O5. The summed E-state index contributed by atoms with van der Waals surface area (Å²) in [6, 6.07) is 1.45. The van der Waals surface area contributed by atoms with Crippen LogP contribution in [-0.4, -0.2) is 34.6 Å². The summed E-state index contributed by atoms with van der Waals surface area (Å²) in [5.74, 6) is -2.21. The lowest BCUT2D eigenvalue weighted by Crippen LogP contribution is -2.19. The zero-order chi connectivity index (χ0) is 15.4. The van der Waals surface area contributed by atoms with Gasteiger partial charge < -0.3 is 20.8 Å². The smallest absolute Gasteiger partial charge is 0.338 e. The second-order valence-electron chi connectivity index (χ2n) is 3.67. The summed E-state index contributed by atoms with van der Waals surface area (Å²) < 4.78 is 0.673. The molecule has 0 atom stereocenters. The predicted molar refractivity (Wildman–Crippen MR) is 88.9 cm³/mol. The van der Waals surface area contributed by atoms with Gasteiger partial charge in [-0.3, -0.25) is 9.59 Å². The molecule has 20 heavy (non-hydrogen) atoms. The summed E-state index contributed by atoms with van der Waals surface area (Å²) >= 11 is 3.60. The standard InChI is InChI=1S/C11H10I2N2O5/c1-4(17)14-5-2-6(15-7(18)3-16)10(13)8(9(5)12)11(19)20/h2,16H,3H2,1H3,(H,14,17)(H,15,18)(H,19,20). The van der Waals surface area contributed by atoms with E-state index in [-0.39, 0.29) is 22.8 Å². The van der Waals surface area contributed by atoms with Gasteiger partial charge in [0.05, 0.1) is 24.1 Å². The molecule has 0 saturated heterocycles. The number of hydrogen-bond acceptors (Lipinski definition) is 4. The van der Waals surface area contributed by atoms with E-state index in [4.69, 9.17) is 5.11 Å². The van der Waals surface area contributed by atoms with Gasteiger partial charge in [-0.1, -0.05) is 0 Å². The van der Waals surface area contributed by atoms with Crippen LogP contribution >= 0.6 is 45.2 Å². The fourth-order valence-electron chi connectivity index (χ4n) is 1.39. The van der Waals surface area contributed by atoms with Crippen molar-refractivity contribution in [3.8, 4) is 0 Å². The van der Waals surface area contributed by atoms with Crippen molar-refractivity contribution >= 4 is 74.3 Å². The first kappa shape index (κ1) is 17.1. The van der Waals surface area contributed by atoms with Crippen LogP contribution in [0.2, 0.25) is 0 Å². The van der Waals surface area contributed by atoms with Gasteiger partial charge in [-0.15, -0.1) is 0 Å². The number of halogens is 2. The van der Waals surface area contributed by atoms with Gasteiger partial charge in [0.25, 0.3) is 0 Å². The van der Waals surface area contributed by atoms with E-state index in [1.54, 1.807) is 22.6 Å². The summed E-state index contributed by atoms with van der Waals surface area (Å²) in [6.07, 6.45) is 0. The summed E-state index contributed by atoms with van der Waals surface area (Å²) in [5, 5.41) is 22.9. The van der Waals surface area contributed by atoms with E-state index in [2.05, 4.69) is 10.6 Å². The van der Waals surface area contributed by atoms with Gasteiger partial charge in [0.15, 0.2) is 0 Å². The third kappa shape index (κ3) is 4.02. The van der Waals surface area contributed by atoms with E-state index in [1.165, 1.54) is 13.0 Å². The molecule has 0 fully saturated rings. The SMILES string of the molecule is CC(=O)Nc1cc(NC(=O)CO)c(I)c(C(=O)O)c1I. The van der Waals surface area contributed by atoms with Crippen molar-refractivity contribution in [1.82, 2.24) is 0 Å². The summed E-state index contributed by atoms with van der Waals surface area (Å²) in [6.45, 7) is 0.570. The van der Waals surface area contributed by atoms with E-state index in [0.717, 1.165) is 0 Å². The van der Waals surface area contributed by atoms with Crippen LogP contribution in [0.5, 0.6) is 0 Å². The van der Waals surface area contributed by atoms with Crippen LogP contribution < -0.4 is 10.6 Å². The van der Waals surface area contributed by atoms with Gasteiger partial charge in [-0.05, 0) is 51.2 Å². The average Bonchev–Trinajstić information content (AvgIpc) is 2.34. The van der Waals surface area contributed by atoms with Crippen LogP contribution in [0, 0.1) is 7.14 Å². The highest BCUT2D eigenvalue weighted by molar-refractivity contribution is 14.1. The number of rotatable bonds is 4. The minimum Gasteiger partial charge on any atom is -0.478 e. The van der Waals surface area contributed by atoms with Crippen molar-refractivity contribution in [3.05, 3.63) is 18.8 Å². The third-order valence-corrected chi connectivity index (χ3v) is 4.38. The number of aliphatic hydroxyl groups excluding tert-OH is 1. The summed E-state index contributed by atoms with van der Waals surface area (Å²) in [5.41, 5.74) is 0.473. The number of hydrogen-bond donors (Lipinski definition) is 4. The van der Waals surface area contributed by atoms with Gasteiger partial charge in [0, 0.05) is 6.92 Å². The molecule has 0 saturated carbocycles. The first-order valence-corrected chi connectivity index (χ1v) is 7.37. The molecule has 0 bridgehead atoms. The zero-order valence-electron chi connectivity index (χ0n) is 10.2. The molecule has 0 aliphatic carbocycles. The van der Waals surface area contributed by atoms with E-state index < -0.39 is 18.5 Å². The van der Waals surface area contributed by atoms with Crippen LogP contribution in [0.15, 0.2) is 6.07 Å². The monoisotopic (exact) mass is 504 g/mol. The molecule has 108 valence electrons. The Morgan fingerprint density at radius 2 is 1.65 bits per heavy atom. The van der Waals surface area contributed by atoms with Gasteiger partial charge >= 0.3 is 5.97 Å². The van der Waals surface area contributed by atoms with Crippen LogP contribution in [0.3, 0.4) is 0 Å². The molecular weight excluding hydrogens is 494 g/mol. The average molecular weight is 504 g/mol. The van der Waals surface area contributed by atoms with Gasteiger partial charge in [-0.2, -0.15) is 0 Å². The minimum absolute atomic E-state index is 0.0225. The molecule has 0 heterocycles. The molecule has 0 aromatic heterocycles. The Morgan fingerprint density at radius 3 is 2.05 bits per heavy atom. The molecule has 0 spiro atoms. The Kier molecular flexibility index (Phi) is 6.13. The molecule has 0 radical (unpaired) electrons. The van der Waals surface area contributed by atoms with Crippen molar-refractivity contribution in [3.63, 3.8) is 0 Å². The maximum atomic E-state index is 11.3. The van der Waals surface area contributed by atoms with Gasteiger partial charge in [0.2, 0.25) is 11.8 Å². The summed E-state index contributed by atoms with van der Waals surface area (Å²) in [7, 11) is 0. The molecule has 0 aliphatic rings. The van der Waals surface area contributed by atoms with E-state index in [1.807, 2.05) is 22.6 Å². The maximum absolute atomic E-state index is 11.3. The topological polar surface area (TPSA) is 116 Å². The molecule has 1 rings (SSSR count). The number of aliphatic hydroxyl groups is 1. The normalized spacial score (nSPS) is 10.0. The second-order valence-corrected chi connectivity index (χ2v) is 5.82. The molecule has 2 amide bonds.